The maximum Gasteiger partial charge on any atom is 0.573 e. The number of nitrogens with zero attached hydrogens (tertiary/aromatic N) is 1. The third kappa shape index (κ3) is 3.54. The molecule has 4 nitrogen and oxygen atoms in total. The summed E-state index contributed by atoms with van der Waals surface area (Å²) >= 11 is 0. The van der Waals surface area contributed by atoms with E-state index in [0.29, 0.717) is 0 Å². The molecule has 1 aromatic rings. The predicted molar refractivity (Wildman–Crippen MR) is 56.0 cm³/mol. The van der Waals surface area contributed by atoms with Gasteiger partial charge >= 0.3 is 6.36 Å². The first-order valence-electron chi connectivity index (χ1n) is 4.57. The van der Waals surface area contributed by atoms with E-state index < -0.39 is 12.3 Å². The zero-order valence-electron chi connectivity index (χ0n) is 9.21. The Morgan fingerprint density at radius 1 is 1.35 bits per heavy atom. The largest absolute Gasteiger partial charge is 0.573 e. The lowest BCUT2D eigenvalue weighted by atomic mass is 10.1. The SMILES string of the molecule is CN(C)c1cc(C(N)=O)ccc1OC(F)(F)F. The standard InChI is InChI=1S/C10H11F3N2O2/c1-15(2)7-5-6(9(14)16)3-4-8(7)17-10(11,12)13/h3-5H,1-2H3,(H2,14,16). The Labute approximate surface area is 95.8 Å². The van der Waals surface area contributed by atoms with Crippen LogP contribution in [0.25, 0.3) is 0 Å². The maximum absolute atomic E-state index is 12.1. The number of carbonyl (C=O) groups excluding carboxylic acids is 1. The summed E-state index contributed by atoms with van der Waals surface area (Å²) in [4.78, 5) is 12.3. The lowest BCUT2D eigenvalue weighted by Gasteiger charge is -2.19. The number of hydrogen-bond donors (Lipinski definition) is 1. The molecular formula is C10H11F3N2O2. The van der Waals surface area contributed by atoms with Crippen molar-refractivity contribution in [3.05, 3.63) is 23.8 Å². The number of nitrogens with two attached hydrogens (primary N) is 1. The highest BCUT2D eigenvalue weighted by molar-refractivity contribution is 5.94. The number of carbonyl (C=O) groups is 1. The minimum atomic E-state index is -4.78. The van der Waals surface area contributed by atoms with Gasteiger partial charge in [-0.3, -0.25) is 4.79 Å². The van der Waals surface area contributed by atoms with Crippen molar-refractivity contribution in [1.29, 1.82) is 0 Å². The van der Waals surface area contributed by atoms with E-state index in [2.05, 4.69) is 4.74 Å². The minimum Gasteiger partial charge on any atom is -0.404 e. The van der Waals surface area contributed by atoms with Crippen LogP contribution in [0.1, 0.15) is 10.4 Å². The van der Waals surface area contributed by atoms with E-state index in [1.165, 1.54) is 31.1 Å². The van der Waals surface area contributed by atoms with Gasteiger partial charge in [0.05, 0.1) is 5.69 Å². The Bertz CT molecular complexity index is 430. The van der Waals surface area contributed by atoms with Crippen LogP contribution in [0.15, 0.2) is 18.2 Å². The van der Waals surface area contributed by atoms with Crippen LogP contribution in [0.2, 0.25) is 0 Å². The van der Waals surface area contributed by atoms with E-state index in [0.717, 1.165) is 6.07 Å². The molecule has 0 atom stereocenters. The van der Waals surface area contributed by atoms with Gasteiger partial charge in [0.25, 0.3) is 0 Å². The van der Waals surface area contributed by atoms with Gasteiger partial charge in [-0.15, -0.1) is 13.2 Å². The van der Waals surface area contributed by atoms with Gasteiger partial charge < -0.3 is 15.4 Å². The highest BCUT2D eigenvalue weighted by Gasteiger charge is 2.32. The lowest BCUT2D eigenvalue weighted by molar-refractivity contribution is -0.274. The number of hydrogen-bond acceptors (Lipinski definition) is 3. The van der Waals surface area contributed by atoms with Crippen molar-refractivity contribution in [3.8, 4) is 5.75 Å². The second kappa shape index (κ2) is 4.52. The van der Waals surface area contributed by atoms with Crippen molar-refractivity contribution in [2.24, 2.45) is 5.73 Å². The molecule has 0 unspecified atom stereocenters. The van der Waals surface area contributed by atoms with Crippen LogP contribution in [0.4, 0.5) is 18.9 Å². The Kier molecular flexibility index (Phi) is 3.50. The number of halogens is 3. The maximum atomic E-state index is 12.1. The molecule has 0 aliphatic heterocycles. The smallest absolute Gasteiger partial charge is 0.404 e. The number of benzene rings is 1. The quantitative estimate of drug-likeness (QED) is 0.886. The summed E-state index contributed by atoms with van der Waals surface area (Å²) in [7, 11) is 3.06. The Morgan fingerprint density at radius 3 is 2.35 bits per heavy atom. The second-order valence-corrected chi connectivity index (χ2v) is 3.49. The summed E-state index contributed by atoms with van der Waals surface area (Å²) in [6, 6.07) is 3.47. The van der Waals surface area contributed by atoms with Gasteiger partial charge in [-0.2, -0.15) is 0 Å². The molecule has 0 aliphatic carbocycles. The second-order valence-electron chi connectivity index (χ2n) is 3.49. The van der Waals surface area contributed by atoms with E-state index in [-0.39, 0.29) is 17.0 Å². The predicted octanol–water partition coefficient (Wildman–Crippen LogP) is 1.75. The monoisotopic (exact) mass is 248 g/mol. The number of amides is 1. The van der Waals surface area contributed by atoms with E-state index in [1.54, 1.807) is 0 Å². The van der Waals surface area contributed by atoms with Gasteiger partial charge in [-0.25, -0.2) is 0 Å². The zero-order valence-corrected chi connectivity index (χ0v) is 9.21. The van der Waals surface area contributed by atoms with E-state index in [1.807, 2.05) is 0 Å². The number of ether oxygens (including phenoxy) is 1. The molecule has 0 fully saturated rings. The number of rotatable bonds is 3. The molecule has 1 rings (SSSR count). The molecule has 0 aromatic heterocycles. The average Bonchev–Trinajstić information content (AvgIpc) is 2.14. The van der Waals surface area contributed by atoms with Crippen molar-refractivity contribution >= 4 is 11.6 Å². The fourth-order valence-electron chi connectivity index (χ4n) is 1.23. The summed E-state index contributed by atoms with van der Waals surface area (Å²) in [6.45, 7) is 0. The zero-order chi connectivity index (χ0) is 13.2. The normalized spacial score (nSPS) is 11.1. The molecule has 0 bridgehead atoms. The summed E-state index contributed by atoms with van der Waals surface area (Å²) in [5.41, 5.74) is 5.28. The molecule has 0 heterocycles. The first-order valence-corrected chi connectivity index (χ1v) is 4.57. The highest BCUT2D eigenvalue weighted by Crippen LogP contribution is 2.32. The molecule has 7 heteroatoms. The van der Waals surface area contributed by atoms with Crippen molar-refractivity contribution in [2.45, 2.75) is 6.36 Å². The third-order valence-electron chi connectivity index (χ3n) is 1.95. The average molecular weight is 248 g/mol. The summed E-state index contributed by atoms with van der Waals surface area (Å²) in [5.74, 6) is -1.10. The van der Waals surface area contributed by atoms with Gasteiger partial charge in [0.1, 0.15) is 0 Å². The topological polar surface area (TPSA) is 55.6 Å². The van der Waals surface area contributed by atoms with Crippen LogP contribution in [0, 0.1) is 0 Å². The van der Waals surface area contributed by atoms with Gasteiger partial charge in [0.15, 0.2) is 5.75 Å². The number of anilines is 1. The lowest BCUT2D eigenvalue weighted by Crippen LogP contribution is -2.20. The Morgan fingerprint density at radius 2 is 1.94 bits per heavy atom. The molecule has 0 saturated carbocycles. The summed E-state index contributed by atoms with van der Waals surface area (Å²) < 4.78 is 40.2. The molecule has 1 aromatic carbocycles. The number of primary amides is 1. The van der Waals surface area contributed by atoms with Gasteiger partial charge in [0, 0.05) is 19.7 Å². The van der Waals surface area contributed by atoms with Gasteiger partial charge in [0.2, 0.25) is 5.91 Å². The first kappa shape index (κ1) is 13.1. The van der Waals surface area contributed by atoms with Crippen LogP contribution < -0.4 is 15.4 Å². The van der Waals surface area contributed by atoms with Gasteiger partial charge in [-0.1, -0.05) is 0 Å². The van der Waals surface area contributed by atoms with E-state index in [9.17, 15) is 18.0 Å². The molecule has 0 radical (unpaired) electrons. The van der Waals surface area contributed by atoms with Crippen LogP contribution in [0.3, 0.4) is 0 Å². The molecule has 2 N–H and O–H groups in total. The third-order valence-corrected chi connectivity index (χ3v) is 1.95. The van der Waals surface area contributed by atoms with E-state index in [4.69, 9.17) is 5.73 Å². The minimum absolute atomic E-state index is 0.114. The van der Waals surface area contributed by atoms with Crippen molar-refractivity contribution in [1.82, 2.24) is 0 Å². The fourth-order valence-corrected chi connectivity index (χ4v) is 1.23. The van der Waals surface area contributed by atoms with E-state index >= 15 is 0 Å². The summed E-state index contributed by atoms with van der Waals surface area (Å²) in [5, 5.41) is 0. The molecule has 0 aliphatic rings. The molecule has 1 amide bonds. The Hall–Kier alpha value is -1.92. The highest BCUT2D eigenvalue weighted by atomic mass is 19.4. The van der Waals surface area contributed by atoms with Crippen molar-refractivity contribution in [3.63, 3.8) is 0 Å². The fraction of sp³-hybridized carbons (Fsp3) is 0.300. The number of alkyl halides is 3. The molecular weight excluding hydrogens is 237 g/mol. The summed E-state index contributed by atoms with van der Waals surface area (Å²) in [6.07, 6.45) is -4.78. The van der Waals surface area contributed by atoms with Crippen LogP contribution in [0.5, 0.6) is 5.75 Å². The Balaban J connectivity index is 3.18. The van der Waals surface area contributed by atoms with Crippen LogP contribution in [-0.4, -0.2) is 26.4 Å². The first-order chi connectivity index (χ1) is 7.70. The van der Waals surface area contributed by atoms with Crippen LogP contribution in [-0.2, 0) is 0 Å². The van der Waals surface area contributed by atoms with Crippen molar-refractivity contribution < 1.29 is 22.7 Å². The van der Waals surface area contributed by atoms with Crippen molar-refractivity contribution in [2.75, 3.05) is 19.0 Å². The van der Waals surface area contributed by atoms with Crippen LogP contribution >= 0.6 is 0 Å². The molecule has 0 saturated heterocycles. The molecule has 94 valence electrons. The van der Waals surface area contributed by atoms with Gasteiger partial charge in [-0.05, 0) is 18.2 Å². The molecule has 17 heavy (non-hydrogen) atoms. The molecule has 0 spiro atoms.